The Balaban J connectivity index is 0.000000191. The second kappa shape index (κ2) is 28.1. The average molecular weight is 1250 g/mol. The van der Waals surface area contributed by atoms with Crippen molar-refractivity contribution >= 4 is 77.3 Å². The molecule has 418 valence electrons. The van der Waals surface area contributed by atoms with Crippen molar-refractivity contribution < 1.29 is 82.2 Å². The fourth-order valence-electron chi connectivity index (χ4n) is 11.8. The van der Waals surface area contributed by atoms with E-state index in [1.807, 2.05) is 24.3 Å². The molecule has 9 aliphatic rings. The highest BCUT2D eigenvalue weighted by Gasteiger charge is 2.68. The maximum absolute atomic E-state index is 12.8. The van der Waals surface area contributed by atoms with E-state index in [1.165, 1.54) is 0 Å². The Bertz CT molecular complexity index is 2350. The summed E-state index contributed by atoms with van der Waals surface area (Å²) >= 11 is 11.0. The van der Waals surface area contributed by atoms with Crippen LogP contribution in [0.15, 0.2) is 82.8 Å². The molecule has 21 atom stereocenters. The first-order valence-electron chi connectivity index (χ1n) is 26.7. The van der Waals surface area contributed by atoms with Crippen LogP contribution >= 0.6 is 47.8 Å². The first-order valence-corrected chi connectivity index (χ1v) is 31.3. The van der Waals surface area contributed by atoms with E-state index in [2.05, 4.69) is 65.8 Å². The minimum Gasteiger partial charge on any atom is -0.458 e. The topological polar surface area (TPSA) is 224 Å². The highest BCUT2D eigenvalue weighted by Crippen LogP contribution is 2.54. The Morgan fingerprint density at radius 2 is 1.17 bits per heavy atom. The van der Waals surface area contributed by atoms with Gasteiger partial charge in [-0.15, -0.1) is 0 Å². The molecule has 0 amide bonds. The van der Waals surface area contributed by atoms with Gasteiger partial charge < -0.3 is 67.8 Å². The Morgan fingerprint density at radius 1 is 0.684 bits per heavy atom. The zero-order valence-corrected chi connectivity index (χ0v) is 48.2. The predicted molar refractivity (Wildman–Crippen MR) is 293 cm³/mol. The first kappa shape index (κ1) is 58.6. The molecule has 9 aliphatic heterocycles. The molecular weight excluding hydrogens is 1170 g/mol. The number of benzene rings is 2. The Hall–Kier alpha value is -2.04. The number of aliphatic hydroxyl groups excluding tert-OH is 4. The van der Waals surface area contributed by atoms with Gasteiger partial charge in [0.2, 0.25) is 0 Å². The highest BCUT2D eigenvalue weighted by molar-refractivity contribution is 9.12. The largest absolute Gasteiger partial charge is 0.458 e. The van der Waals surface area contributed by atoms with Crippen molar-refractivity contribution in [1.29, 1.82) is 1.28 Å². The number of rotatable bonds is 20. The van der Waals surface area contributed by atoms with Crippen LogP contribution in [0.3, 0.4) is 0 Å². The smallest absolute Gasteiger partial charge is 0.355 e. The molecule has 6 bridgehead atoms. The predicted octanol–water partition coefficient (Wildman–Crippen LogP) is 6.99. The number of carbonyl (C=O) groups excluding carboxylic acids is 3. The molecule has 76 heavy (non-hydrogen) atoms. The number of hydrogen-bond donors (Lipinski definition) is 4. The number of Topliss-reactive ketones (excluding diaryl/α,β-unsaturated/α-hetero) is 1. The second-order valence-corrected chi connectivity index (χ2v) is 25.6. The van der Waals surface area contributed by atoms with Gasteiger partial charge >= 0.3 is 13.2 Å². The van der Waals surface area contributed by atoms with E-state index in [4.69, 9.17) is 48.6 Å². The standard InChI is InChI=1S/C27H35BrO9.C27H33BrO8.H2P2S/c1-15(28)13-19(35-27(33)16-5-3-2-4-6-16)8-7-17(30)14-21-22(31)25-26(37-21)23(32)24-20(36-25)10-9-18(34-24)11-12-29;1-15(28)13-18(32-26(30)16-5-3-2-4-6-16)9-11-27-14-20-22(35-27)23-24(34-20)25(36-27)21-19(33-23)8-7-17(31-21)10-12-29;1-2-3/h2-6,18-26,29,31-32H,1,7-14H2;2-6,17-25,29H,1,7-14H2;1H2/p+1/t18-,19-,20+,21-,22+,23+,24+,25+,26+;17-,18-,19+,20-,21+,22?,23+,24-,25?,27+;/m11./s1/i/hT. The van der Waals surface area contributed by atoms with E-state index >= 15 is 0 Å². The van der Waals surface area contributed by atoms with Crippen LogP contribution < -0.4 is 0 Å². The molecule has 22 heteroatoms. The van der Waals surface area contributed by atoms with Gasteiger partial charge in [-0.05, 0) is 84.6 Å². The number of aliphatic hydroxyl groups is 4. The molecule has 0 saturated carbocycles. The van der Waals surface area contributed by atoms with Gasteiger partial charge in [-0.2, -0.15) is 0 Å². The quantitative estimate of drug-likeness (QED) is 0.0774. The lowest BCUT2D eigenvalue weighted by Gasteiger charge is -2.47. The van der Waals surface area contributed by atoms with E-state index in [0.717, 1.165) is 17.3 Å². The summed E-state index contributed by atoms with van der Waals surface area (Å²) in [5, 5.41) is 40.4. The van der Waals surface area contributed by atoms with Crippen LogP contribution in [0, 0.1) is 0 Å². The molecule has 17 nitrogen and oxygen atoms in total. The monoisotopic (exact) mass is 1250 g/mol. The number of fused-ring (bicyclic) bond motifs is 3. The summed E-state index contributed by atoms with van der Waals surface area (Å²) in [6.07, 6.45) is -0.749. The number of ketones is 1. The molecule has 9 fully saturated rings. The number of halogens is 2. The first-order chi connectivity index (χ1) is 36.9. The van der Waals surface area contributed by atoms with Crippen molar-refractivity contribution in [2.24, 2.45) is 0 Å². The third-order valence-electron chi connectivity index (χ3n) is 15.3. The Labute approximate surface area is 470 Å². The van der Waals surface area contributed by atoms with Crippen molar-refractivity contribution in [3.05, 3.63) is 93.9 Å². The summed E-state index contributed by atoms with van der Waals surface area (Å²) < 4.78 is 69.8. The molecule has 0 aliphatic carbocycles. The number of carbonyl (C=O) groups is 3. The molecule has 4 N–H and O–H groups in total. The maximum atomic E-state index is 12.8. The van der Waals surface area contributed by atoms with Crippen LogP contribution in [0.2, 0.25) is 0 Å². The van der Waals surface area contributed by atoms with Crippen molar-refractivity contribution in [1.82, 2.24) is 0 Å². The molecule has 4 unspecified atom stereocenters. The zero-order valence-electron chi connectivity index (χ0n) is 43.2. The number of esters is 2. The average Bonchev–Trinajstić information content (AvgIpc) is 4.05. The summed E-state index contributed by atoms with van der Waals surface area (Å²) in [7, 11) is 2.20. The lowest BCUT2D eigenvalue weighted by Crippen LogP contribution is -2.61. The molecule has 11 rings (SSSR count). The van der Waals surface area contributed by atoms with Gasteiger partial charge in [0.15, 0.2) is 24.6 Å². The molecule has 2 aromatic rings. The van der Waals surface area contributed by atoms with Gasteiger partial charge in [-0.1, -0.05) is 81.4 Å². The fraction of sp³-hybridized carbons (Fsp3) is 0.648. The van der Waals surface area contributed by atoms with E-state index < -0.39 is 61.5 Å². The van der Waals surface area contributed by atoms with Crippen LogP contribution in [0.4, 0.5) is 0 Å². The minimum atomic E-state index is -1.06. The number of hydrogen-bond acceptors (Lipinski definition) is 18. The van der Waals surface area contributed by atoms with E-state index in [-0.39, 0.29) is 105 Å². The Morgan fingerprint density at radius 3 is 1.74 bits per heavy atom. The Kier molecular flexibility index (Phi) is 21.7. The van der Waals surface area contributed by atoms with E-state index in [9.17, 15) is 34.8 Å². The van der Waals surface area contributed by atoms with Crippen LogP contribution in [-0.2, 0) is 64.0 Å². The summed E-state index contributed by atoms with van der Waals surface area (Å²) in [5.74, 6) is -1.83. The van der Waals surface area contributed by atoms with Crippen LogP contribution in [-0.4, -0.2) is 168 Å². The van der Waals surface area contributed by atoms with E-state index in [0.29, 0.717) is 79.8 Å². The molecule has 9 saturated heterocycles. The molecule has 2 aromatic carbocycles. The summed E-state index contributed by atoms with van der Waals surface area (Å²) in [5.41, 5.74) is 0.941. The molecule has 0 aromatic heterocycles. The van der Waals surface area contributed by atoms with Gasteiger partial charge in [0, 0.05) is 51.7 Å². The molecule has 0 spiro atoms. The minimum absolute atomic E-state index is 0.000520. The van der Waals surface area contributed by atoms with Gasteiger partial charge in [0.1, 0.15) is 79.0 Å². The van der Waals surface area contributed by atoms with Crippen molar-refractivity contribution in [3.8, 4) is 0 Å². The van der Waals surface area contributed by atoms with Crippen LogP contribution in [0.5, 0.6) is 0 Å². The summed E-state index contributed by atoms with van der Waals surface area (Å²) in [6, 6.07) is 17.6. The van der Waals surface area contributed by atoms with Gasteiger partial charge in [0.25, 0.3) is 0 Å². The van der Waals surface area contributed by atoms with Crippen molar-refractivity contribution in [2.45, 2.75) is 206 Å². The normalized spacial score (nSPS) is 36.4. The molecular formula is C54H71Br2O17P2S+. The van der Waals surface area contributed by atoms with Gasteiger partial charge in [-0.3, -0.25) is 4.79 Å². The zero-order chi connectivity index (χ0) is 55.0. The van der Waals surface area contributed by atoms with Gasteiger partial charge in [-0.25, -0.2) is 9.59 Å². The third kappa shape index (κ3) is 14.9. The van der Waals surface area contributed by atoms with Crippen molar-refractivity contribution in [3.63, 3.8) is 0 Å². The maximum Gasteiger partial charge on any atom is 0.355 e. The molecule has 0 radical (unpaired) electrons. The summed E-state index contributed by atoms with van der Waals surface area (Å²) in [4.78, 5) is 38.1. The van der Waals surface area contributed by atoms with Crippen molar-refractivity contribution in [2.75, 3.05) is 13.2 Å². The van der Waals surface area contributed by atoms with Crippen LogP contribution in [0.25, 0.3) is 0 Å². The van der Waals surface area contributed by atoms with E-state index in [1.54, 1.807) is 36.4 Å². The lowest BCUT2D eigenvalue weighted by molar-refractivity contribution is -0.293. The highest BCUT2D eigenvalue weighted by atomic mass is 79.9. The molecule has 9 heterocycles. The number of ether oxygens (including phenoxy) is 10. The lowest BCUT2D eigenvalue weighted by atomic mass is 9.87. The van der Waals surface area contributed by atoms with Crippen LogP contribution in [0.1, 0.15) is 111 Å². The summed E-state index contributed by atoms with van der Waals surface area (Å²) in [6.45, 7) is 6.99. The third-order valence-corrected chi connectivity index (χ3v) is 15.9. The SMILES string of the molecule is C=C(Br)C[C@@H](CCC(=O)C[C@H]1O[C@H]2[C@@H](O)[C@H]3O[C@@H](CCO)CC[C@@H]3O[C@H]2[C@H]1O)OC(=O)c1ccccc1.C=C(Br)C[C@@H](CC[C@@]12C[C@H]3O[C@H]4C(O1)[C@H]1O[C@@H](CCO)CC[C@@H]1O[C@H]4C3O2)OC(=O)c1ccccc1.[3H][P+](P)=S. The van der Waals surface area contributed by atoms with Gasteiger partial charge in [0.05, 0.1) is 56.7 Å². The second-order valence-electron chi connectivity index (χ2n) is 20.6. The fourth-order valence-corrected chi connectivity index (χ4v) is 12.5.